The second-order valence-corrected chi connectivity index (χ2v) is 4.15. The van der Waals surface area contributed by atoms with E-state index in [4.69, 9.17) is 15.2 Å². The van der Waals surface area contributed by atoms with Crippen LogP contribution in [0.1, 0.15) is 26.2 Å². The highest BCUT2D eigenvalue weighted by Gasteiger charge is 2.09. The Bertz CT molecular complexity index is 413. The van der Waals surface area contributed by atoms with E-state index in [2.05, 4.69) is 12.2 Å². The molecule has 5 nitrogen and oxygen atoms in total. The molecule has 0 radical (unpaired) electrons. The van der Waals surface area contributed by atoms with Gasteiger partial charge in [0, 0.05) is 19.0 Å². The van der Waals surface area contributed by atoms with E-state index < -0.39 is 0 Å². The molecule has 20 heavy (non-hydrogen) atoms. The summed E-state index contributed by atoms with van der Waals surface area (Å²) in [6.07, 6.45) is 2.32. The molecule has 1 aromatic rings. The van der Waals surface area contributed by atoms with Crippen LogP contribution >= 0.6 is 12.4 Å². The molecule has 6 heteroatoms. The maximum atomic E-state index is 11.6. The van der Waals surface area contributed by atoms with Crippen LogP contribution in [-0.4, -0.2) is 26.2 Å². The molecule has 0 atom stereocenters. The second-order valence-electron chi connectivity index (χ2n) is 4.15. The summed E-state index contributed by atoms with van der Waals surface area (Å²) < 4.78 is 10.8. The first kappa shape index (κ1) is 18.5. The first-order chi connectivity index (χ1) is 9.21. The molecule has 0 aliphatic carbocycles. The molecule has 3 N–H and O–H groups in total. The number of nitrogens with two attached hydrogens (primary N) is 1. The van der Waals surface area contributed by atoms with Crippen molar-refractivity contribution in [2.24, 2.45) is 5.73 Å². The summed E-state index contributed by atoms with van der Waals surface area (Å²) in [4.78, 5) is 11.6. The molecule has 1 rings (SSSR count). The summed E-state index contributed by atoms with van der Waals surface area (Å²) in [5, 5.41) is 2.79. The maximum Gasteiger partial charge on any atom is 0.225 e. The molecular formula is C14H23ClN2O3. The summed E-state index contributed by atoms with van der Waals surface area (Å²) >= 11 is 0. The molecule has 0 spiro atoms. The molecule has 0 unspecified atom stereocenters. The SMILES string of the molecule is CCCCOc1ccc(OC)cc1NC(=O)CCN.Cl. The number of methoxy groups -OCH3 is 1. The smallest absolute Gasteiger partial charge is 0.225 e. The lowest BCUT2D eigenvalue weighted by Crippen LogP contribution is -2.17. The number of halogens is 1. The number of ether oxygens (including phenoxy) is 2. The summed E-state index contributed by atoms with van der Waals surface area (Å²) in [6, 6.07) is 5.35. The van der Waals surface area contributed by atoms with Crippen molar-refractivity contribution in [3.8, 4) is 11.5 Å². The van der Waals surface area contributed by atoms with Gasteiger partial charge in [-0.3, -0.25) is 4.79 Å². The third-order valence-electron chi connectivity index (χ3n) is 2.59. The molecular weight excluding hydrogens is 280 g/mol. The number of carbonyl (C=O) groups excluding carboxylic acids is 1. The maximum absolute atomic E-state index is 11.6. The largest absolute Gasteiger partial charge is 0.497 e. The van der Waals surface area contributed by atoms with Gasteiger partial charge in [-0.25, -0.2) is 0 Å². The number of carbonyl (C=O) groups is 1. The Labute approximate surface area is 126 Å². The lowest BCUT2D eigenvalue weighted by molar-refractivity contribution is -0.116. The first-order valence-electron chi connectivity index (χ1n) is 6.52. The molecule has 0 saturated carbocycles. The van der Waals surface area contributed by atoms with Gasteiger partial charge in [-0.15, -0.1) is 12.4 Å². The number of hydrogen-bond acceptors (Lipinski definition) is 4. The van der Waals surface area contributed by atoms with Gasteiger partial charge < -0.3 is 20.5 Å². The Morgan fingerprint density at radius 1 is 1.40 bits per heavy atom. The van der Waals surface area contributed by atoms with Crippen LogP contribution in [0.2, 0.25) is 0 Å². The molecule has 0 fully saturated rings. The van der Waals surface area contributed by atoms with Gasteiger partial charge in [0.15, 0.2) is 0 Å². The quantitative estimate of drug-likeness (QED) is 0.724. The Morgan fingerprint density at radius 2 is 2.15 bits per heavy atom. The Kier molecular flexibility index (Phi) is 9.59. The highest BCUT2D eigenvalue weighted by molar-refractivity contribution is 5.92. The van der Waals surface area contributed by atoms with Gasteiger partial charge in [0.2, 0.25) is 5.91 Å². The van der Waals surface area contributed by atoms with Gasteiger partial charge >= 0.3 is 0 Å². The van der Waals surface area contributed by atoms with Gasteiger partial charge in [-0.2, -0.15) is 0 Å². The molecule has 114 valence electrons. The van der Waals surface area contributed by atoms with Crippen LogP contribution < -0.4 is 20.5 Å². The fourth-order valence-electron chi connectivity index (χ4n) is 1.53. The Morgan fingerprint density at radius 3 is 2.75 bits per heavy atom. The summed E-state index contributed by atoms with van der Waals surface area (Å²) in [5.74, 6) is 1.20. The van der Waals surface area contributed by atoms with Gasteiger partial charge in [0.25, 0.3) is 0 Å². The summed E-state index contributed by atoms with van der Waals surface area (Å²) in [7, 11) is 1.58. The predicted molar refractivity (Wildman–Crippen MR) is 82.9 cm³/mol. The van der Waals surface area contributed by atoms with E-state index >= 15 is 0 Å². The van der Waals surface area contributed by atoms with Gasteiger partial charge in [-0.05, 0) is 18.6 Å². The monoisotopic (exact) mass is 302 g/mol. The topological polar surface area (TPSA) is 73.6 Å². The highest BCUT2D eigenvalue weighted by atomic mass is 35.5. The first-order valence-corrected chi connectivity index (χ1v) is 6.52. The normalized spacial score (nSPS) is 9.55. The fourth-order valence-corrected chi connectivity index (χ4v) is 1.53. The zero-order valence-corrected chi connectivity index (χ0v) is 12.8. The average Bonchev–Trinajstić information content (AvgIpc) is 2.40. The third-order valence-corrected chi connectivity index (χ3v) is 2.59. The number of anilines is 1. The van der Waals surface area contributed by atoms with Crippen molar-refractivity contribution >= 4 is 24.0 Å². The van der Waals surface area contributed by atoms with Crippen LogP contribution in [0.4, 0.5) is 5.69 Å². The lowest BCUT2D eigenvalue weighted by Gasteiger charge is -2.13. The third kappa shape index (κ3) is 6.12. The highest BCUT2D eigenvalue weighted by Crippen LogP contribution is 2.29. The fraction of sp³-hybridized carbons (Fsp3) is 0.500. The van der Waals surface area contributed by atoms with E-state index in [0.29, 0.717) is 30.3 Å². The number of rotatable bonds is 8. The van der Waals surface area contributed by atoms with Crippen molar-refractivity contribution < 1.29 is 14.3 Å². The van der Waals surface area contributed by atoms with E-state index in [0.717, 1.165) is 12.8 Å². The minimum atomic E-state index is -0.129. The minimum Gasteiger partial charge on any atom is -0.497 e. The van der Waals surface area contributed by atoms with E-state index in [1.54, 1.807) is 25.3 Å². The van der Waals surface area contributed by atoms with Gasteiger partial charge in [0.05, 0.1) is 19.4 Å². The molecule has 0 aromatic heterocycles. The van der Waals surface area contributed by atoms with Crippen LogP contribution in [0, 0.1) is 0 Å². The van der Waals surface area contributed by atoms with Crippen molar-refractivity contribution in [2.45, 2.75) is 26.2 Å². The average molecular weight is 303 g/mol. The molecule has 1 amide bonds. The molecule has 0 aliphatic heterocycles. The molecule has 0 heterocycles. The molecule has 0 saturated heterocycles. The molecule has 0 bridgehead atoms. The zero-order valence-electron chi connectivity index (χ0n) is 12.0. The number of nitrogens with one attached hydrogen (secondary N) is 1. The van der Waals surface area contributed by atoms with Crippen LogP contribution in [0.5, 0.6) is 11.5 Å². The van der Waals surface area contributed by atoms with Crippen LogP contribution in [0.3, 0.4) is 0 Å². The van der Waals surface area contributed by atoms with Crippen molar-refractivity contribution in [3.63, 3.8) is 0 Å². The van der Waals surface area contributed by atoms with Crippen molar-refractivity contribution in [3.05, 3.63) is 18.2 Å². The van der Waals surface area contributed by atoms with E-state index in [-0.39, 0.29) is 24.7 Å². The van der Waals surface area contributed by atoms with Gasteiger partial charge in [-0.1, -0.05) is 13.3 Å². The van der Waals surface area contributed by atoms with Crippen LogP contribution in [0.25, 0.3) is 0 Å². The van der Waals surface area contributed by atoms with Crippen LogP contribution in [-0.2, 0) is 4.79 Å². The summed E-state index contributed by atoms with van der Waals surface area (Å²) in [6.45, 7) is 3.05. The standard InChI is InChI=1S/C14H22N2O3.ClH/c1-3-4-9-19-13-6-5-11(18-2)10-12(13)16-14(17)7-8-15;/h5-6,10H,3-4,7-9,15H2,1-2H3,(H,16,17);1H. The number of unbranched alkanes of at least 4 members (excludes halogenated alkanes) is 1. The predicted octanol–water partition coefficient (Wildman–Crippen LogP) is 2.58. The minimum absolute atomic E-state index is 0. The molecule has 0 aliphatic rings. The second kappa shape index (κ2) is 10.3. The van der Waals surface area contributed by atoms with E-state index in [1.807, 2.05) is 0 Å². The van der Waals surface area contributed by atoms with E-state index in [1.165, 1.54) is 0 Å². The van der Waals surface area contributed by atoms with Crippen LogP contribution in [0.15, 0.2) is 18.2 Å². The number of amides is 1. The Hall–Kier alpha value is -1.46. The van der Waals surface area contributed by atoms with Gasteiger partial charge in [0.1, 0.15) is 11.5 Å². The lowest BCUT2D eigenvalue weighted by atomic mass is 10.2. The Balaban J connectivity index is 0.00000361. The van der Waals surface area contributed by atoms with Crippen molar-refractivity contribution in [1.29, 1.82) is 0 Å². The molecule has 1 aromatic carbocycles. The summed E-state index contributed by atoms with van der Waals surface area (Å²) in [5.41, 5.74) is 5.98. The zero-order chi connectivity index (χ0) is 14.1. The van der Waals surface area contributed by atoms with Crippen molar-refractivity contribution in [1.82, 2.24) is 0 Å². The van der Waals surface area contributed by atoms with Crippen molar-refractivity contribution in [2.75, 3.05) is 25.6 Å². The van der Waals surface area contributed by atoms with E-state index in [9.17, 15) is 4.79 Å². The number of hydrogen-bond donors (Lipinski definition) is 2. The number of benzene rings is 1.